The molecule has 0 spiro atoms. The Morgan fingerprint density at radius 2 is 1.50 bits per heavy atom. The first-order valence-electron chi connectivity index (χ1n) is 11.1. The molecule has 7 atom stereocenters. The standard InChI is InChI=1S/C22H29Cl6NO3/c1-4-6-8-29(9-7-5-2)18(30)12-10-13-15(11(3)14(12)19(31)32)21(26)17(24)16(23)20(13,25)22(21,27)28/h11-15H,4-10H2,1-3H3,(H,31,32)/p-1/t11-,12+,13-,14-,15+,20-,21-/m0/s1. The number of carbonyl (C=O) groups is 2. The summed E-state index contributed by atoms with van der Waals surface area (Å²) in [4.78, 5) is 24.7. The van der Waals surface area contributed by atoms with E-state index in [-0.39, 0.29) is 22.4 Å². The van der Waals surface area contributed by atoms with Gasteiger partial charge in [-0.15, -0.1) is 23.2 Å². The van der Waals surface area contributed by atoms with Gasteiger partial charge in [-0.2, -0.15) is 0 Å². The van der Waals surface area contributed by atoms with Gasteiger partial charge in [-0.1, -0.05) is 80.0 Å². The van der Waals surface area contributed by atoms with Gasteiger partial charge < -0.3 is 14.8 Å². The monoisotopic (exact) mass is 564 g/mol. The first kappa shape index (κ1) is 27.0. The average molecular weight is 567 g/mol. The number of hydrogen-bond acceptors (Lipinski definition) is 3. The van der Waals surface area contributed by atoms with E-state index < -0.39 is 49.6 Å². The Kier molecular flexibility index (Phi) is 7.99. The van der Waals surface area contributed by atoms with Gasteiger partial charge in [0.2, 0.25) is 5.91 Å². The van der Waals surface area contributed by atoms with Crippen LogP contribution in [0.2, 0.25) is 0 Å². The molecule has 182 valence electrons. The summed E-state index contributed by atoms with van der Waals surface area (Å²) >= 11 is 40.4. The van der Waals surface area contributed by atoms with E-state index in [1.807, 2.05) is 13.8 Å². The lowest BCUT2D eigenvalue weighted by Crippen LogP contribution is -2.57. The summed E-state index contributed by atoms with van der Waals surface area (Å²) in [6.45, 7) is 6.96. The third-order valence-corrected chi connectivity index (χ3v) is 12.0. The number of unbranched alkanes of at least 4 members (excludes halogenated alkanes) is 2. The van der Waals surface area contributed by atoms with Crippen molar-refractivity contribution >= 4 is 81.5 Å². The molecule has 0 N–H and O–H groups in total. The number of alkyl halides is 4. The highest BCUT2D eigenvalue weighted by Crippen LogP contribution is 2.79. The summed E-state index contributed by atoms with van der Waals surface area (Å²) in [7, 11) is 0. The number of hydrogen-bond donors (Lipinski definition) is 0. The van der Waals surface area contributed by atoms with Crippen LogP contribution in [0.4, 0.5) is 0 Å². The second-order valence-electron chi connectivity index (χ2n) is 9.34. The molecule has 0 aromatic carbocycles. The van der Waals surface area contributed by atoms with E-state index in [0.717, 1.165) is 25.7 Å². The summed E-state index contributed by atoms with van der Waals surface area (Å²) in [5.41, 5.74) is 0. The van der Waals surface area contributed by atoms with Crippen LogP contribution in [0, 0.1) is 29.6 Å². The van der Waals surface area contributed by atoms with Crippen molar-refractivity contribution in [2.75, 3.05) is 13.1 Å². The largest absolute Gasteiger partial charge is 0.550 e. The van der Waals surface area contributed by atoms with Gasteiger partial charge in [0.05, 0.1) is 10.1 Å². The summed E-state index contributed by atoms with van der Waals surface area (Å²) in [6, 6.07) is 0. The number of halogens is 6. The fourth-order valence-corrected chi connectivity index (χ4v) is 9.24. The first-order valence-corrected chi connectivity index (χ1v) is 13.4. The summed E-state index contributed by atoms with van der Waals surface area (Å²) in [6.07, 6.45) is 3.65. The normalized spacial score (nSPS) is 39.8. The van der Waals surface area contributed by atoms with Crippen LogP contribution in [0.5, 0.6) is 0 Å². The lowest BCUT2D eigenvalue weighted by atomic mass is 9.58. The van der Waals surface area contributed by atoms with Crippen molar-refractivity contribution in [2.24, 2.45) is 29.6 Å². The smallest absolute Gasteiger partial charge is 0.226 e. The van der Waals surface area contributed by atoms with Gasteiger partial charge in [-0.3, -0.25) is 4.79 Å². The van der Waals surface area contributed by atoms with Crippen LogP contribution in [-0.2, 0) is 9.59 Å². The molecule has 3 aliphatic carbocycles. The van der Waals surface area contributed by atoms with Crippen LogP contribution >= 0.6 is 69.6 Å². The molecule has 4 nitrogen and oxygen atoms in total. The van der Waals surface area contributed by atoms with Crippen LogP contribution < -0.4 is 5.11 Å². The van der Waals surface area contributed by atoms with Crippen LogP contribution in [0.3, 0.4) is 0 Å². The molecule has 1 amide bonds. The molecule has 0 aromatic heterocycles. The number of fused-ring (bicyclic) bond motifs is 5. The fraction of sp³-hybridized carbons (Fsp3) is 0.818. The molecule has 2 fully saturated rings. The molecule has 2 bridgehead atoms. The van der Waals surface area contributed by atoms with Crippen LogP contribution in [0.25, 0.3) is 0 Å². The van der Waals surface area contributed by atoms with Crippen molar-refractivity contribution in [2.45, 2.75) is 67.0 Å². The molecule has 3 aliphatic rings. The number of rotatable bonds is 8. The van der Waals surface area contributed by atoms with E-state index in [4.69, 9.17) is 69.6 Å². The zero-order chi connectivity index (χ0) is 24.2. The molecule has 10 heteroatoms. The molecule has 0 radical (unpaired) electrons. The second-order valence-corrected chi connectivity index (χ2v) is 12.6. The number of carbonyl (C=O) groups excluding carboxylic acids is 2. The summed E-state index contributed by atoms with van der Waals surface area (Å²) < 4.78 is -1.76. The molecular formula is C22H28Cl6NO3-. The molecular weight excluding hydrogens is 539 g/mol. The van der Waals surface area contributed by atoms with E-state index in [1.165, 1.54) is 0 Å². The Bertz CT molecular complexity index is 811. The SMILES string of the molecule is CCCCN(CCCC)C(=O)[C@@H]1C[C@H]2[C@@H]([C@@H](C)[C@@H]1C(=O)[O-])[C@]1(Cl)C(Cl)=C(Cl)[C@]2(Cl)C1(Cl)Cl. The predicted octanol–water partition coefficient (Wildman–Crippen LogP) is 5.52. The maximum Gasteiger partial charge on any atom is 0.226 e. The predicted molar refractivity (Wildman–Crippen MR) is 129 cm³/mol. The lowest BCUT2D eigenvalue weighted by molar-refractivity contribution is -0.317. The van der Waals surface area contributed by atoms with E-state index in [1.54, 1.807) is 11.8 Å². The number of amides is 1. The van der Waals surface area contributed by atoms with Gasteiger partial charge in [-0.05, 0) is 37.0 Å². The van der Waals surface area contributed by atoms with E-state index in [9.17, 15) is 14.7 Å². The van der Waals surface area contributed by atoms with Crippen molar-refractivity contribution in [1.29, 1.82) is 0 Å². The molecule has 0 heterocycles. The Labute approximate surface area is 219 Å². The minimum absolute atomic E-state index is 0.0447. The van der Waals surface area contributed by atoms with Crippen LogP contribution in [0.15, 0.2) is 10.1 Å². The third-order valence-electron chi connectivity index (χ3n) is 7.69. The molecule has 2 saturated carbocycles. The molecule has 0 saturated heterocycles. The van der Waals surface area contributed by atoms with Gasteiger partial charge in [-0.25, -0.2) is 0 Å². The van der Waals surface area contributed by atoms with Crippen molar-refractivity contribution < 1.29 is 14.7 Å². The van der Waals surface area contributed by atoms with Gasteiger partial charge in [0.15, 0.2) is 4.33 Å². The molecule has 0 aliphatic heterocycles. The van der Waals surface area contributed by atoms with Crippen molar-refractivity contribution in [1.82, 2.24) is 4.90 Å². The average Bonchev–Trinajstić information content (AvgIpc) is 2.93. The molecule has 0 aromatic rings. The Morgan fingerprint density at radius 3 is 1.97 bits per heavy atom. The van der Waals surface area contributed by atoms with E-state index in [2.05, 4.69) is 0 Å². The van der Waals surface area contributed by atoms with E-state index in [0.29, 0.717) is 13.1 Å². The summed E-state index contributed by atoms with van der Waals surface area (Å²) in [5, 5.41) is 12.4. The highest BCUT2D eigenvalue weighted by atomic mass is 35.5. The van der Waals surface area contributed by atoms with Crippen molar-refractivity contribution in [3.63, 3.8) is 0 Å². The number of allylic oxidation sites excluding steroid dienone is 2. The maximum absolute atomic E-state index is 13.7. The Hall–Kier alpha value is 0.420. The Balaban J connectivity index is 2.05. The minimum atomic E-state index is -1.76. The van der Waals surface area contributed by atoms with Gasteiger partial charge >= 0.3 is 0 Å². The minimum Gasteiger partial charge on any atom is -0.550 e. The topological polar surface area (TPSA) is 60.4 Å². The first-order chi connectivity index (χ1) is 14.8. The van der Waals surface area contributed by atoms with Crippen molar-refractivity contribution in [3.8, 4) is 0 Å². The van der Waals surface area contributed by atoms with Crippen molar-refractivity contribution in [3.05, 3.63) is 10.1 Å². The highest BCUT2D eigenvalue weighted by molar-refractivity contribution is 6.65. The molecule has 32 heavy (non-hydrogen) atoms. The third kappa shape index (κ3) is 3.53. The number of aliphatic carboxylic acids is 1. The molecule has 0 unspecified atom stereocenters. The van der Waals surface area contributed by atoms with Crippen LogP contribution in [0.1, 0.15) is 52.9 Å². The fourth-order valence-electron chi connectivity index (χ4n) is 6.08. The number of carboxylic acid groups (broad SMARTS) is 1. The zero-order valence-electron chi connectivity index (χ0n) is 18.3. The summed E-state index contributed by atoms with van der Waals surface area (Å²) in [5.74, 6) is -5.14. The zero-order valence-corrected chi connectivity index (χ0v) is 22.8. The Morgan fingerprint density at radius 1 is 1.00 bits per heavy atom. The second kappa shape index (κ2) is 9.47. The van der Waals surface area contributed by atoms with Gasteiger partial charge in [0, 0.05) is 30.9 Å². The number of carboxylic acids is 1. The number of nitrogens with zero attached hydrogens (tertiary/aromatic N) is 1. The lowest BCUT2D eigenvalue weighted by Gasteiger charge is -2.50. The quantitative estimate of drug-likeness (QED) is 0.364. The van der Waals surface area contributed by atoms with Gasteiger partial charge in [0.1, 0.15) is 9.75 Å². The van der Waals surface area contributed by atoms with Gasteiger partial charge in [0.25, 0.3) is 0 Å². The maximum atomic E-state index is 13.7. The molecule has 3 rings (SSSR count). The van der Waals surface area contributed by atoms with E-state index >= 15 is 0 Å². The highest BCUT2D eigenvalue weighted by Gasteiger charge is 2.83. The van der Waals surface area contributed by atoms with Crippen LogP contribution in [-0.4, -0.2) is 43.9 Å².